The van der Waals surface area contributed by atoms with Gasteiger partial charge in [-0.05, 0) is 19.8 Å². The van der Waals surface area contributed by atoms with E-state index in [0.717, 1.165) is 5.03 Å². The molecule has 1 aliphatic carbocycles. The third-order valence-corrected chi connectivity index (χ3v) is 2.93. The van der Waals surface area contributed by atoms with Crippen molar-refractivity contribution < 1.29 is 0 Å². The number of allylic oxidation sites excluding steroid dienone is 2. The molecule has 0 saturated carbocycles. The lowest BCUT2D eigenvalue weighted by atomic mass is 9.93. The fourth-order valence-corrected chi connectivity index (χ4v) is 1.49. The highest BCUT2D eigenvalue weighted by atomic mass is 35.5. The van der Waals surface area contributed by atoms with Crippen LogP contribution in [0.25, 0.3) is 0 Å². The highest BCUT2D eigenvalue weighted by molar-refractivity contribution is 6.30. The summed E-state index contributed by atoms with van der Waals surface area (Å²) in [6.07, 6.45) is 2.41. The summed E-state index contributed by atoms with van der Waals surface area (Å²) >= 11 is 6.03. The van der Waals surface area contributed by atoms with E-state index in [1.54, 1.807) is 0 Å². The van der Waals surface area contributed by atoms with Gasteiger partial charge in [-0.2, -0.15) is 0 Å². The number of hydrogen-bond acceptors (Lipinski definition) is 0. The first-order valence-electron chi connectivity index (χ1n) is 3.40. The van der Waals surface area contributed by atoms with E-state index in [2.05, 4.69) is 20.8 Å². The van der Waals surface area contributed by atoms with Crippen LogP contribution in [0.1, 0.15) is 33.6 Å². The molecule has 52 valence electrons. The Bertz CT molecular complexity index is 154. The molecule has 0 unspecified atom stereocenters. The van der Waals surface area contributed by atoms with Crippen LogP contribution in [0.3, 0.4) is 0 Å². The van der Waals surface area contributed by atoms with Crippen molar-refractivity contribution in [3.63, 3.8) is 0 Å². The van der Waals surface area contributed by atoms with Gasteiger partial charge in [0.05, 0.1) is 0 Å². The Hall–Kier alpha value is 0.0300. The van der Waals surface area contributed by atoms with Gasteiger partial charge in [0.2, 0.25) is 0 Å². The maximum absolute atomic E-state index is 6.03. The van der Waals surface area contributed by atoms with Crippen molar-refractivity contribution in [1.82, 2.24) is 0 Å². The van der Waals surface area contributed by atoms with Crippen molar-refractivity contribution in [2.45, 2.75) is 33.6 Å². The predicted octanol–water partition coefficient (Wildman–Crippen LogP) is 3.32. The van der Waals surface area contributed by atoms with Crippen molar-refractivity contribution in [2.24, 2.45) is 5.41 Å². The molecule has 0 aromatic rings. The summed E-state index contributed by atoms with van der Waals surface area (Å²) in [6.45, 7) is 6.52. The molecule has 0 aromatic heterocycles. The summed E-state index contributed by atoms with van der Waals surface area (Å²) in [7, 11) is 0. The van der Waals surface area contributed by atoms with Crippen LogP contribution >= 0.6 is 11.6 Å². The average Bonchev–Trinajstić information content (AvgIpc) is 1.97. The van der Waals surface area contributed by atoms with Crippen LogP contribution in [0.15, 0.2) is 10.6 Å². The fraction of sp³-hybridized carbons (Fsp3) is 0.750. The van der Waals surface area contributed by atoms with Gasteiger partial charge >= 0.3 is 0 Å². The SMILES string of the molecule is CC1=C(Cl)C(C)(C)CC1. The van der Waals surface area contributed by atoms with Crippen molar-refractivity contribution in [3.8, 4) is 0 Å². The second-order valence-electron chi connectivity index (χ2n) is 3.48. The van der Waals surface area contributed by atoms with Crippen LogP contribution < -0.4 is 0 Å². The monoisotopic (exact) mass is 144 g/mol. The molecule has 0 bridgehead atoms. The minimum Gasteiger partial charge on any atom is -0.0886 e. The third kappa shape index (κ3) is 1.14. The minimum absolute atomic E-state index is 0.269. The first kappa shape index (κ1) is 7.14. The maximum Gasteiger partial charge on any atom is 0.0226 e. The Morgan fingerprint density at radius 1 is 1.44 bits per heavy atom. The van der Waals surface area contributed by atoms with E-state index < -0.39 is 0 Å². The molecule has 0 heterocycles. The van der Waals surface area contributed by atoms with Crippen molar-refractivity contribution in [3.05, 3.63) is 10.6 Å². The molecule has 0 aromatic carbocycles. The Labute approximate surface area is 61.9 Å². The largest absolute Gasteiger partial charge is 0.0886 e. The normalized spacial score (nSPS) is 25.3. The summed E-state index contributed by atoms with van der Waals surface area (Å²) in [5, 5.41) is 1.09. The van der Waals surface area contributed by atoms with Gasteiger partial charge in [0.1, 0.15) is 0 Å². The topological polar surface area (TPSA) is 0 Å². The third-order valence-electron chi connectivity index (χ3n) is 2.09. The number of rotatable bonds is 0. The van der Waals surface area contributed by atoms with E-state index in [4.69, 9.17) is 11.6 Å². The number of hydrogen-bond donors (Lipinski definition) is 0. The quantitative estimate of drug-likeness (QED) is 0.489. The van der Waals surface area contributed by atoms with Crippen molar-refractivity contribution >= 4 is 11.6 Å². The van der Waals surface area contributed by atoms with E-state index in [9.17, 15) is 0 Å². The van der Waals surface area contributed by atoms with Gasteiger partial charge in [-0.25, -0.2) is 0 Å². The zero-order valence-corrected chi connectivity index (χ0v) is 7.05. The molecule has 1 aliphatic rings. The second kappa shape index (κ2) is 2.02. The minimum atomic E-state index is 0.269. The van der Waals surface area contributed by atoms with E-state index in [0.29, 0.717) is 0 Å². The van der Waals surface area contributed by atoms with Gasteiger partial charge in [0.15, 0.2) is 0 Å². The Morgan fingerprint density at radius 2 is 2.00 bits per heavy atom. The standard InChI is InChI=1S/C8H13Cl/c1-6-4-5-8(2,3)7(6)9/h4-5H2,1-3H3. The number of halogens is 1. The summed E-state index contributed by atoms with van der Waals surface area (Å²) < 4.78 is 0. The lowest BCUT2D eigenvalue weighted by Gasteiger charge is -2.16. The summed E-state index contributed by atoms with van der Waals surface area (Å²) in [5.74, 6) is 0. The lowest BCUT2D eigenvalue weighted by molar-refractivity contribution is 0.461. The highest BCUT2D eigenvalue weighted by Crippen LogP contribution is 2.43. The summed E-state index contributed by atoms with van der Waals surface area (Å²) in [4.78, 5) is 0. The second-order valence-corrected chi connectivity index (χ2v) is 3.86. The fourth-order valence-electron chi connectivity index (χ4n) is 1.30. The molecule has 1 rings (SSSR count). The lowest BCUT2D eigenvalue weighted by Crippen LogP contribution is -2.05. The molecule has 1 heteroatoms. The van der Waals surface area contributed by atoms with Crippen LogP contribution in [0, 0.1) is 5.41 Å². The van der Waals surface area contributed by atoms with Crippen LogP contribution in [0.4, 0.5) is 0 Å². The van der Waals surface area contributed by atoms with Gasteiger partial charge in [0.25, 0.3) is 0 Å². The average molecular weight is 145 g/mol. The van der Waals surface area contributed by atoms with Crippen molar-refractivity contribution in [2.75, 3.05) is 0 Å². The summed E-state index contributed by atoms with van der Waals surface area (Å²) in [6, 6.07) is 0. The Morgan fingerprint density at radius 3 is 2.11 bits per heavy atom. The van der Waals surface area contributed by atoms with Crippen LogP contribution in [-0.4, -0.2) is 0 Å². The molecule has 0 nitrogen and oxygen atoms in total. The van der Waals surface area contributed by atoms with Crippen LogP contribution in [-0.2, 0) is 0 Å². The molecule has 0 radical (unpaired) electrons. The van der Waals surface area contributed by atoms with Gasteiger partial charge < -0.3 is 0 Å². The van der Waals surface area contributed by atoms with E-state index in [-0.39, 0.29) is 5.41 Å². The Kier molecular flexibility index (Phi) is 1.60. The van der Waals surface area contributed by atoms with Crippen LogP contribution in [0.2, 0.25) is 0 Å². The molecule has 0 fully saturated rings. The van der Waals surface area contributed by atoms with Crippen LogP contribution in [0.5, 0.6) is 0 Å². The zero-order chi connectivity index (χ0) is 7.07. The molecule has 0 aliphatic heterocycles. The van der Waals surface area contributed by atoms with Gasteiger partial charge in [-0.15, -0.1) is 0 Å². The molecule has 0 N–H and O–H groups in total. The molecule has 0 spiro atoms. The highest BCUT2D eigenvalue weighted by Gasteiger charge is 2.28. The maximum atomic E-state index is 6.03. The first-order chi connectivity index (χ1) is 4.04. The van der Waals surface area contributed by atoms with E-state index in [1.807, 2.05) is 0 Å². The molecular formula is C8H13Cl. The van der Waals surface area contributed by atoms with Gasteiger partial charge in [-0.3, -0.25) is 0 Å². The van der Waals surface area contributed by atoms with Gasteiger partial charge in [-0.1, -0.05) is 31.0 Å². The molecule has 9 heavy (non-hydrogen) atoms. The smallest absolute Gasteiger partial charge is 0.0226 e. The zero-order valence-electron chi connectivity index (χ0n) is 6.29. The van der Waals surface area contributed by atoms with E-state index in [1.165, 1.54) is 18.4 Å². The summed E-state index contributed by atoms with van der Waals surface area (Å²) in [5.41, 5.74) is 1.65. The van der Waals surface area contributed by atoms with Gasteiger partial charge in [0, 0.05) is 10.4 Å². The molecule has 0 saturated heterocycles. The molecule has 0 amide bonds. The Balaban J connectivity index is 2.88. The molecule has 0 atom stereocenters. The van der Waals surface area contributed by atoms with E-state index >= 15 is 0 Å². The molecular weight excluding hydrogens is 132 g/mol. The predicted molar refractivity (Wildman–Crippen MR) is 41.6 cm³/mol. The first-order valence-corrected chi connectivity index (χ1v) is 3.77. The van der Waals surface area contributed by atoms with Crippen molar-refractivity contribution in [1.29, 1.82) is 0 Å².